The number of halogens is 1. The molecule has 0 unspecified atom stereocenters. The minimum Gasteiger partial charge on any atom is -0.281 e. The van der Waals surface area contributed by atoms with Crippen molar-refractivity contribution in [2.24, 2.45) is 0 Å². The molecule has 0 saturated heterocycles. The summed E-state index contributed by atoms with van der Waals surface area (Å²) in [5.74, 6) is 0. The van der Waals surface area contributed by atoms with E-state index in [1.165, 1.54) is 0 Å². The number of carbonyl (C=O) groups excluding carboxylic acids is 1. The highest BCUT2D eigenvalue weighted by Crippen LogP contribution is 2.00. The van der Waals surface area contributed by atoms with Crippen LogP contribution < -0.4 is 0 Å². The Morgan fingerprint density at radius 1 is 1.27 bits per heavy atom. The Hall–Kier alpha value is -0.470. The molecular formula is C8H9ClOS. The van der Waals surface area contributed by atoms with Gasteiger partial charge in [-0.15, -0.1) is 0 Å². The Labute approximate surface area is 77.8 Å². The van der Waals surface area contributed by atoms with Crippen molar-refractivity contribution >= 4 is 30.3 Å². The molecule has 0 radical (unpaired) electrons. The predicted octanol–water partition coefficient (Wildman–Crippen LogP) is 2.11. The second-order valence-electron chi connectivity index (χ2n) is 2.02. The molecule has 0 atom stereocenters. The van der Waals surface area contributed by atoms with Crippen molar-refractivity contribution in [2.45, 2.75) is 6.42 Å². The lowest BCUT2D eigenvalue weighted by Gasteiger charge is -1.92. The van der Waals surface area contributed by atoms with Crippen molar-refractivity contribution in [1.82, 2.24) is 0 Å². The van der Waals surface area contributed by atoms with Crippen molar-refractivity contribution in [3.05, 3.63) is 35.9 Å². The first-order valence-corrected chi connectivity index (χ1v) is 3.39. The lowest BCUT2D eigenvalue weighted by atomic mass is 10.2. The molecule has 0 aliphatic rings. The van der Waals surface area contributed by atoms with Gasteiger partial charge in [-0.25, -0.2) is 0 Å². The summed E-state index contributed by atoms with van der Waals surface area (Å²) in [5.41, 5.74) is 0.961. The van der Waals surface area contributed by atoms with Gasteiger partial charge in [0.15, 0.2) is 0 Å². The summed E-state index contributed by atoms with van der Waals surface area (Å²) in [5, 5.41) is -0.314. The number of carbonyl (C=O) groups is 1. The monoisotopic (exact) mass is 188 g/mol. The second kappa shape index (κ2) is 5.22. The van der Waals surface area contributed by atoms with Gasteiger partial charge in [-0.3, -0.25) is 4.79 Å². The summed E-state index contributed by atoms with van der Waals surface area (Å²) >= 11 is 5.17. The molecule has 1 rings (SSSR count). The molecule has 0 amide bonds. The molecule has 60 valence electrons. The first-order valence-electron chi connectivity index (χ1n) is 3.01. The minimum absolute atomic E-state index is 0. The van der Waals surface area contributed by atoms with Gasteiger partial charge >= 0.3 is 0 Å². The molecule has 0 saturated carbocycles. The van der Waals surface area contributed by atoms with Gasteiger partial charge < -0.3 is 0 Å². The third-order valence-corrected chi connectivity index (χ3v) is 1.32. The van der Waals surface area contributed by atoms with E-state index < -0.39 is 0 Å². The molecule has 1 aromatic rings. The van der Waals surface area contributed by atoms with Gasteiger partial charge in [-0.05, 0) is 17.2 Å². The quantitative estimate of drug-likeness (QED) is 0.650. The normalized spacial score (nSPS) is 8.45. The van der Waals surface area contributed by atoms with Gasteiger partial charge in [0.25, 0.3) is 0 Å². The Morgan fingerprint density at radius 2 is 1.82 bits per heavy atom. The molecule has 1 aromatic carbocycles. The summed E-state index contributed by atoms with van der Waals surface area (Å²) < 4.78 is 0. The van der Waals surface area contributed by atoms with Crippen LogP contribution in [-0.4, -0.2) is 5.24 Å². The van der Waals surface area contributed by atoms with E-state index in [1.807, 2.05) is 30.3 Å². The van der Waals surface area contributed by atoms with Crippen molar-refractivity contribution in [1.29, 1.82) is 0 Å². The minimum atomic E-state index is -0.314. The molecule has 3 heteroatoms. The second-order valence-corrected chi connectivity index (χ2v) is 2.44. The van der Waals surface area contributed by atoms with Crippen LogP contribution in [-0.2, 0) is 11.2 Å². The van der Waals surface area contributed by atoms with E-state index in [0.717, 1.165) is 5.56 Å². The Kier molecular flexibility index (Phi) is 4.99. The lowest BCUT2D eigenvalue weighted by Crippen LogP contribution is -1.91. The molecule has 0 N–H and O–H groups in total. The maximum Gasteiger partial charge on any atom is 0.226 e. The molecule has 0 aliphatic carbocycles. The molecule has 0 aromatic heterocycles. The average Bonchev–Trinajstić information content (AvgIpc) is 1.88. The number of benzene rings is 1. The SMILES string of the molecule is O=C(Cl)Cc1ccccc1.S. The molecule has 0 bridgehead atoms. The van der Waals surface area contributed by atoms with Crippen LogP contribution in [0.15, 0.2) is 30.3 Å². The fourth-order valence-electron chi connectivity index (χ4n) is 0.756. The van der Waals surface area contributed by atoms with Crippen molar-refractivity contribution in [3.8, 4) is 0 Å². The topological polar surface area (TPSA) is 17.1 Å². The summed E-state index contributed by atoms with van der Waals surface area (Å²) in [7, 11) is 0. The van der Waals surface area contributed by atoms with E-state index in [2.05, 4.69) is 0 Å². The third-order valence-electron chi connectivity index (χ3n) is 1.19. The largest absolute Gasteiger partial charge is 0.281 e. The first kappa shape index (κ1) is 10.5. The highest BCUT2D eigenvalue weighted by atomic mass is 35.5. The van der Waals surface area contributed by atoms with Gasteiger partial charge in [0.2, 0.25) is 5.24 Å². The number of rotatable bonds is 2. The van der Waals surface area contributed by atoms with Crippen molar-refractivity contribution < 1.29 is 4.79 Å². The summed E-state index contributed by atoms with van der Waals surface area (Å²) in [6.07, 6.45) is 0.322. The fraction of sp³-hybridized carbons (Fsp3) is 0.125. The van der Waals surface area contributed by atoms with Gasteiger partial charge in [0.1, 0.15) is 0 Å². The third kappa shape index (κ3) is 4.06. The van der Waals surface area contributed by atoms with Crippen LogP contribution in [0.4, 0.5) is 0 Å². The van der Waals surface area contributed by atoms with Crippen LogP contribution in [0.25, 0.3) is 0 Å². The van der Waals surface area contributed by atoms with E-state index in [9.17, 15) is 4.79 Å². The standard InChI is InChI=1S/C8H7ClO.H2S/c9-8(10)6-7-4-2-1-3-5-7;/h1-5H,6H2;1H2. The molecule has 1 nitrogen and oxygen atoms in total. The highest BCUT2D eigenvalue weighted by molar-refractivity contribution is 7.59. The van der Waals surface area contributed by atoms with E-state index >= 15 is 0 Å². The van der Waals surface area contributed by atoms with Gasteiger partial charge in [0, 0.05) is 6.42 Å². The predicted molar refractivity (Wildman–Crippen MR) is 51.4 cm³/mol. The van der Waals surface area contributed by atoms with Crippen LogP contribution in [0.3, 0.4) is 0 Å². The van der Waals surface area contributed by atoms with E-state index in [4.69, 9.17) is 11.6 Å². The number of hydrogen-bond donors (Lipinski definition) is 0. The smallest absolute Gasteiger partial charge is 0.226 e. The zero-order chi connectivity index (χ0) is 7.40. The van der Waals surface area contributed by atoms with Crippen molar-refractivity contribution in [3.63, 3.8) is 0 Å². The van der Waals surface area contributed by atoms with Crippen molar-refractivity contribution in [2.75, 3.05) is 0 Å². The Bertz CT molecular complexity index is 223. The Morgan fingerprint density at radius 3 is 2.27 bits per heavy atom. The molecule has 0 heterocycles. The molecule has 0 spiro atoms. The van der Waals surface area contributed by atoms with Crippen LogP contribution in [0.2, 0.25) is 0 Å². The highest BCUT2D eigenvalue weighted by Gasteiger charge is 1.95. The van der Waals surface area contributed by atoms with Gasteiger partial charge in [0.05, 0.1) is 0 Å². The lowest BCUT2D eigenvalue weighted by molar-refractivity contribution is -0.111. The van der Waals surface area contributed by atoms with Crippen LogP contribution in [0.5, 0.6) is 0 Å². The molecule has 0 aliphatic heterocycles. The summed E-state index contributed by atoms with van der Waals surface area (Å²) in [6.45, 7) is 0. The molecular weight excluding hydrogens is 180 g/mol. The summed E-state index contributed by atoms with van der Waals surface area (Å²) in [4.78, 5) is 10.4. The fourth-order valence-corrected chi connectivity index (χ4v) is 0.911. The average molecular weight is 189 g/mol. The zero-order valence-electron chi connectivity index (χ0n) is 5.88. The first-order chi connectivity index (χ1) is 4.79. The van der Waals surface area contributed by atoms with Crippen LogP contribution in [0.1, 0.15) is 5.56 Å². The Balaban J connectivity index is 0.000001000. The molecule has 11 heavy (non-hydrogen) atoms. The number of hydrogen-bond acceptors (Lipinski definition) is 1. The maximum atomic E-state index is 10.4. The molecule has 0 fully saturated rings. The van der Waals surface area contributed by atoms with Crippen LogP contribution >= 0.6 is 25.1 Å². The maximum absolute atomic E-state index is 10.4. The van der Waals surface area contributed by atoms with E-state index in [1.54, 1.807) is 0 Å². The van der Waals surface area contributed by atoms with E-state index in [0.29, 0.717) is 6.42 Å². The van der Waals surface area contributed by atoms with E-state index in [-0.39, 0.29) is 18.7 Å². The van der Waals surface area contributed by atoms with Gasteiger partial charge in [-0.1, -0.05) is 30.3 Å². The summed E-state index contributed by atoms with van der Waals surface area (Å²) in [6, 6.07) is 9.42. The zero-order valence-corrected chi connectivity index (χ0v) is 7.64. The van der Waals surface area contributed by atoms with Crippen LogP contribution in [0, 0.1) is 0 Å². The van der Waals surface area contributed by atoms with Gasteiger partial charge in [-0.2, -0.15) is 13.5 Å².